The molecule has 1 aromatic carbocycles. The fraction of sp³-hybridized carbons (Fsp3) is 0.438. The largest absolute Gasteiger partial charge is 0.480 e. The predicted octanol–water partition coefficient (Wildman–Crippen LogP) is 2.69. The second kappa shape index (κ2) is 8.97. The summed E-state index contributed by atoms with van der Waals surface area (Å²) in [5.41, 5.74) is -0.292. The second-order valence-electron chi connectivity index (χ2n) is 5.15. The highest BCUT2D eigenvalue weighted by Gasteiger charge is 2.20. The molecule has 1 aromatic rings. The molecule has 0 aromatic heterocycles. The van der Waals surface area contributed by atoms with E-state index >= 15 is 0 Å². The molecule has 0 spiro atoms. The maximum Gasteiger partial charge on any atom is 0.326 e. The topological polar surface area (TPSA) is 83.5 Å². The van der Waals surface area contributed by atoms with E-state index in [4.69, 9.17) is 5.11 Å². The van der Waals surface area contributed by atoms with Gasteiger partial charge in [0.05, 0.1) is 5.56 Å². The number of hydrogen-bond acceptors (Lipinski definition) is 3. The molecule has 5 nitrogen and oxygen atoms in total. The number of carboxylic acids is 1. The van der Waals surface area contributed by atoms with Gasteiger partial charge in [-0.3, -0.25) is 9.59 Å². The number of benzene rings is 1. The molecule has 126 valence electrons. The van der Waals surface area contributed by atoms with Crippen molar-refractivity contribution in [3.05, 3.63) is 35.4 Å². The number of ketones is 1. The van der Waals surface area contributed by atoms with E-state index in [-0.39, 0.29) is 18.4 Å². The number of halogens is 2. The van der Waals surface area contributed by atoms with Gasteiger partial charge in [0.2, 0.25) is 5.91 Å². The van der Waals surface area contributed by atoms with Crippen molar-refractivity contribution in [2.45, 2.75) is 45.1 Å². The van der Waals surface area contributed by atoms with Gasteiger partial charge in [0.25, 0.3) is 0 Å². The highest BCUT2D eigenvalue weighted by Crippen LogP contribution is 2.13. The van der Waals surface area contributed by atoms with E-state index in [9.17, 15) is 23.2 Å². The van der Waals surface area contributed by atoms with Gasteiger partial charge in [-0.25, -0.2) is 13.6 Å². The molecule has 0 bridgehead atoms. The van der Waals surface area contributed by atoms with E-state index in [1.807, 2.05) is 6.92 Å². The van der Waals surface area contributed by atoms with E-state index in [0.717, 1.165) is 18.6 Å². The van der Waals surface area contributed by atoms with Crippen molar-refractivity contribution in [3.63, 3.8) is 0 Å². The number of carbonyl (C=O) groups is 3. The lowest BCUT2D eigenvalue weighted by Gasteiger charge is -2.13. The molecule has 0 aliphatic heterocycles. The molecule has 0 fully saturated rings. The standard InChI is InChI=1S/C16H19F2NO4/c1-2-3-4-13(16(22)23)19-15(21)8-7-14(20)11-6-5-10(17)9-12(11)18/h5-6,9,13H,2-4,7-8H2,1H3,(H,19,21)(H,22,23)/t13-/m0/s1. The quantitative estimate of drug-likeness (QED) is 0.683. The number of hydrogen-bond donors (Lipinski definition) is 2. The molecule has 0 unspecified atom stereocenters. The van der Waals surface area contributed by atoms with E-state index < -0.39 is 35.3 Å². The van der Waals surface area contributed by atoms with Crippen LogP contribution in [0.15, 0.2) is 18.2 Å². The van der Waals surface area contributed by atoms with E-state index in [0.29, 0.717) is 18.9 Å². The Bertz CT molecular complexity index is 589. The normalized spacial score (nSPS) is 11.8. The fourth-order valence-corrected chi connectivity index (χ4v) is 2.01. The maximum absolute atomic E-state index is 13.4. The van der Waals surface area contributed by atoms with Crippen LogP contribution in [0.3, 0.4) is 0 Å². The SMILES string of the molecule is CCCC[C@H](NC(=O)CCC(=O)c1ccc(F)cc1F)C(=O)O. The van der Waals surface area contributed by atoms with Crippen molar-refractivity contribution < 1.29 is 28.3 Å². The molecule has 0 heterocycles. The van der Waals surface area contributed by atoms with E-state index in [1.54, 1.807) is 0 Å². The first-order chi connectivity index (χ1) is 10.8. The summed E-state index contributed by atoms with van der Waals surface area (Å²) in [5.74, 6) is -4.15. The first-order valence-corrected chi connectivity index (χ1v) is 7.35. The van der Waals surface area contributed by atoms with Crippen molar-refractivity contribution >= 4 is 17.7 Å². The molecule has 2 N–H and O–H groups in total. The predicted molar refractivity (Wildman–Crippen MR) is 79.0 cm³/mol. The zero-order valence-corrected chi connectivity index (χ0v) is 12.8. The van der Waals surface area contributed by atoms with Crippen LogP contribution in [0.2, 0.25) is 0 Å². The Morgan fingerprint density at radius 2 is 1.91 bits per heavy atom. The Morgan fingerprint density at radius 1 is 1.22 bits per heavy atom. The summed E-state index contributed by atoms with van der Waals surface area (Å²) in [5, 5.41) is 11.3. The summed E-state index contributed by atoms with van der Waals surface area (Å²) >= 11 is 0. The third kappa shape index (κ3) is 6.14. The van der Waals surface area contributed by atoms with Gasteiger partial charge in [0.15, 0.2) is 5.78 Å². The Labute approximate surface area is 132 Å². The summed E-state index contributed by atoms with van der Waals surface area (Å²) in [7, 11) is 0. The number of carboxylic acid groups (broad SMARTS) is 1. The van der Waals surface area contributed by atoms with Crippen LogP contribution in [0, 0.1) is 11.6 Å². The van der Waals surface area contributed by atoms with E-state index in [1.165, 1.54) is 0 Å². The Kier molecular flexibility index (Phi) is 7.31. The number of nitrogens with one attached hydrogen (secondary N) is 1. The first kappa shape index (κ1) is 18.7. The van der Waals surface area contributed by atoms with Crippen molar-refractivity contribution in [1.82, 2.24) is 5.32 Å². The van der Waals surface area contributed by atoms with Crippen molar-refractivity contribution in [2.24, 2.45) is 0 Å². The zero-order valence-electron chi connectivity index (χ0n) is 12.8. The minimum absolute atomic E-state index is 0.258. The van der Waals surface area contributed by atoms with Gasteiger partial charge < -0.3 is 10.4 Å². The molecule has 0 aliphatic rings. The maximum atomic E-state index is 13.4. The smallest absolute Gasteiger partial charge is 0.326 e. The third-order valence-electron chi connectivity index (χ3n) is 3.29. The first-order valence-electron chi connectivity index (χ1n) is 7.35. The number of unbranched alkanes of at least 4 members (excludes halogenated alkanes) is 1. The number of Topliss-reactive ketones (excluding diaryl/α,β-unsaturated/α-hetero) is 1. The molecule has 0 saturated carbocycles. The lowest BCUT2D eigenvalue weighted by molar-refractivity contribution is -0.142. The van der Waals surface area contributed by atoms with Gasteiger partial charge in [0.1, 0.15) is 17.7 Å². The Morgan fingerprint density at radius 3 is 2.48 bits per heavy atom. The van der Waals surface area contributed by atoms with Crippen molar-refractivity contribution in [3.8, 4) is 0 Å². The molecule has 1 amide bonds. The molecule has 23 heavy (non-hydrogen) atoms. The van der Waals surface area contributed by atoms with Crippen LogP contribution in [-0.2, 0) is 9.59 Å². The van der Waals surface area contributed by atoms with Crippen LogP contribution < -0.4 is 5.32 Å². The van der Waals surface area contributed by atoms with Crippen LogP contribution in [0.4, 0.5) is 8.78 Å². The highest BCUT2D eigenvalue weighted by atomic mass is 19.1. The van der Waals surface area contributed by atoms with Gasteiger partial charge in [0, 0.05) is 18.9 Å². The molecular weight excluding hydrogens is 308 g/mol. The lowest BCUT2D eigenvalue weighted by atomic mass is 10.1. The average molecular weight is 327 g/mol. The summed E-state index contributed by atoms with van der Waals surface area (Å²) in [6, 6.07) is 1.58. The fourth-order valence-electron chi connectivity index (χ4n) is 2.01. The van der Waals surface area contributed by atoms with Crippen molar-refractivity contribution in [1.29, 1.82) is 0 Å². The van der Waals surface area contributed by atoms with Crippen LogP contribution in [0.25, 0.3) is 0 Å². The molecule has 7 heteroatoms. The van der Waals surface area contributed by atoms with Gasteiger partial charge >= 0.3 is 5.97 Å². The molecule has 1 rings (SSSR count). The minimum Gasteiger partial charge on any atom is -0.480 e. The third-order valence-corrected chi connectivity index (χ3v) is 3.29. The van der Waals surface area contributed by atoms with Crippen LogP contribution in [0.5, 0.6) is 0 Å². The number of aliphatic carboxylic acids is 1. The van der Waals surface area contributed by atoms with Crippen LogP contribution in [0.1, 0.15) is 49.4 Å². The number of amides is 1. The molecule has 1 atom stereocenters. The van der Waals surface area contributed by atoms with Crippen molar-refractivity contribution in [2.75, 3.05) is 0 Å². The average Bonchev–Trinajstić information content (AvgIpc) is 2.48. The summed E-state index contributed by atoms with van der Waals surface area (Å²) < 4.78 is 26.2. The zero-order chi connectivity index (χ0) is 17.4. The van der Waals surface area contributed by atoms with Gasteiger partial charge in [-0.1, -0.05) is 19.8 Å². The van der Waals surface area contributed by atoms with Crippen LogP contribution >= 0.6 is 0 Å². The van der Waals surface area contributed by atoms with Crippen LogP contribution in [-0.4, -0.2) is 28.8 Å². The molecule has 0 saturated heterocycles. The van der Waals surface area contributed by atoms with Gasteiger partial charge in [-0.15, -0.1) is 0 Å². The Balaban J connectivity index is 2.54. The summed E-state index contributed by atoms with van der Waals surface area (Å²) in [6.07, 6.45) is 1.21. The summed E-state index contributed by atoms with van der Waals surface area (Å²) in [6.45, 7) is 1.90. The van der Waals surface area contributed by atoms with Gasteiger partial charge in [-0.2, -0.15) is 0 Å². The molecular formula is C16H19F2NO4. The lowest BCUT2D eigenvalue weighted by Crippen LogP contribution is -2.40. The molecule has 0 radical (unpaired) electrons. The second-order valence-corrected chi connectivity index (χ2v) is 5.15. The highest BCUT2D eigenvalue weighted by molar-refractivity contribution is 5.98. The number of carbonyl (C=O) groups excluding carboxylic acids is 2. The van der Waals surface area contributed by atoms with E-state index in [2.05, 4.69) is 5.32 Å². The number of rotatable bonds is 9. The monoisotopic (exact) mass is 327 g/mol. The minimum atomic E-state index is -1.14. The van der Waals surface area contributed by atoms with Gasteiger partial charge in [-0.05, 0) is 18.6 Å². The molecule has 0 aliphatic carbocycles. The summed E-state index contributed by atoms with van der Waals surface area (Å²) in [4.78, 5) is 34.5. The Hall–Kier alpha value is -2.31.